The summed E-state index contributed by atoms with van der Waals surface area (Å²) >= 11 is 0. The maximum Gasteiger partial charge on any atom is 0.221 e. The molecule has 0 spiro atoms. The molecule has 20 heavy (non-hydrogen) atoms. The first kappa shape index (κ1) is 13.8. The van der Waals surface area contributed by atoms with Crippen LogP contribution >= 0.6 is 0 Å². The topological polar surface area (TPSA) is 76.1 Å². The monoisotopic (exact) mass is 272 g/mol. The van der Waals surface area contributed by atoms with Crippen molar-refractivity contribution in [2.45, 2.75) is 6.92 Å². The summed E-state index contributed by atoms with van der Waals surface area (Å²) in [5.41, 5.74) is 2.18. The normalized spacial score (nSPS) is 9.95. The first-order valence-electron chi connectivity index (χ1n) is 6.11. The van der Waals surface area contributed by atoms with Crippen LogP contribution in [-0.4, -0.2) is 30.3 Å². The largest absolute Gasteiger partial charge is 0.495 e. The van der Waals surface area contributed by atoms with Gasteiger partial charge in [-0.25, -0.2) is 0 Å². The zero-order valence-corrected chi connectivity index (χ0v) is 11.6. The van der Waals surface area contributed by atoms with E-state index < -0.39 is 0 Å². The molecule has 0 bridgehead atoms. The number of nitrogens with zero attached hydrogens (tertiary/aromatic N) is 2. The Morgan fingerprint density at radius 1 is 1.20 bits per heavy atom. The third-order valence-corrected chi connectivity index (χ3v) is 2.73. The van der Waals surface area contributed by atoms with Gasteiger partial charge in [-0.15, -0.1) is 10.2 Å². The van der Waals surface area contributed by atoms with Crippen molar-refractivity contribution >= 4 is 17.4 Å². The van der Waals surface area contributed by atoms with Crippen LogP contribution in [0.1, 0.15) is 6.92 Å². The van der Waals surface area contributed by atoms with E-state index in [1.807, 2.05) is 24.3 Å². The van der Waals surface area contributed by atoms with Crippen LogP contribution in [0.15, 0.2) is 30.3 Å². The maximum absolute atomic E-state index is 11.2. The van der Waals surface area contributed by atoms with Gasteiger partial charge in [-0.05, 0) is 30.3 Å². The highest BCUT2D eigenvalue weighted by atomic mass is 16.5. The fraction of sp³-hybridized carbons (Fsp3) is 0.214. The number of methoxy groups -OCH3 is 1. The second kappa shape index (κ2) is 6.01. The van der Waals surface area contributed by atoms with Gasteiger partial charge in [0.25, 0.3) is 0 Å². The summed E-state index contributed by atoms with van der Waals surface area (Å²) in [6, 6.07) is 9.16. The molecular formula is C14H16N4O2. The fourth-order valence-corrected chi connectivity index (χ4v) is 1.77. The molecule has 6 heteroatoms. The van der Waals surface area contributed by atoms with E-state index in [2.05, 4.69) is 20.8 Å². The van der Waals surface area contributed by atoms with Crippen molar-refractivity contribution in [3.63, 3.8) is 0 Å². The minimum absolute atomic E-state index is 0.155. The molecule has 0 fully saturated rings. The number of carbonyl (C=O) groups excluding carboxylic acids is 1. The van der Waals surface area contributed by atoms with E-state index >= 15 is 0 Å². The lowest BCUT2D eigenvalue weighted by molar-refractivity contribution is -0.114. The molecule has 0 aliphatic carbocycles. The van der Waals surface area contributed by atoms with E-state index in [1.165, 1.54) is 6.92 Å². The molecule has 1 amide bonds. The van der Waals surface area contributed by atoms with E-state index in [0.717, 1.165) is 11.3 Å². The highest BCUT2D eigenvalue weighted by molar-refractivity contribution is 5.91. The van der Waals surface area contributed by atoms with Crippen LogP contribution in [0.5, 0.6) is 5.75 Å². The molecule has 0 unspecified atom stereocenters. The van der Waals surface area contributed by atoms with Crippen LogP contribution in [0.25, 0.3) is 11.3 Å². The summed E-state index contributed by atoms with van der Waals surface area (Å²) in [6.07, 6.45) is 0. The summed E-state index contributed by atoms with van der Waals surface area (Å²) in [4.78, 5) is 11.2. The zero-order valence-electron chi connectivity index (χ0n) is 11.6. The van der Waals surface area contributed by atoms with E-state index in [-0.39, 0.29) is 5.91 Å². The lowest BCUT2D eigenvalue weighted by Gasteiger charge is -2.10. The number of hydrogen-bond acceptors (Lipinski definition) is 5. The number of aromatic nitrogens is 2. The highest BCUT2D eigenvalue weighted by Gasteiger charge is 2.08. The number of carbonyl (C=O) groups is 1. The summed E-state index contributed by atoms with van der Waals surface area (Å²) < 4.78 is 5.21. The first-order valence-corrected chi connectivity index (χ1v) is 6.11. The molecule has 0 radical (unpaired) electrons. The number of nitrogens with one attached hydrogen (secondary N) is 2. The molecule has 0 saturated carbocycles. The molecule has 104 valence electrons. The molecule has 1 aromatic heterocycles. The summed E-state index contributed by atoms with van der Waals surface area (Å²) in [5, 5.41) is 13.8. The first-order chi connectivity index (χ1) is 9.63. The van der Waals surface area contributed by atoms with Crippen molar-refractivity contribution in [2.75, 3.05) is 24.8 Å². The van der Waals surface area contributed by atoms with Crippen molar-refractivity contribution < 1.29 is 9.53 Å². The van der Waals surface area contributed by atoms with Crippen LogP contribution in [-0.2, 0) is 4.79 Å². The summed E-state index contributed by atoms with van der Waals surface area (Å²) in [5.74, 6) is 1.14. The molecule has 6 nitrogen and oxygen atoms in total. The van der Waals surface area contributed by atoms with Crippen LogP contribution in [0.2, 0.25) is 0 Å². The van der Waals surface area contributed by atoms with E-state index in [9.17, 15) is 4.79 Å². The Morgan fingerprint density at radius 2 is 2.00 bits per heavy atom. The Balaban J connectivity index is 2.38. The van der Waals surface area contributed by atoms with Gasteiger partial charge in [0.15, 0.2) is 0 Å². The van der Waals surface area contributed by atoms with Gasteiger partial charge in [0, 0.05) is 19.5 Å². The molecular weight excluding hydrogens is 256 g/mol. The number of ether oxygens (including phenoxy) is 1. The maximum atomic E-state index is 11.2. The van der Waals surface area contributed by atoms with Crippen LogP contribution in [0.4, 0.5) is 11.5 Å². The van der Waals surface area contributed by atoms with Crippen LogP contribution in [0.3, 0.4) is 0 Å². The highest BCUT2D eigenvalue weighted by Crippen LogP contribution is 2.29. The Labute approximate surface area is 117 Å². The molecule has 2 aromatic rings. The number of hydrogen-bond donors (Lipinski definition) is 2. The molecule has 2 rings (SSSR count). The smallest absolute Gasteiger partial charge is 0.221 e. The number of benzene rings is 1. The van der Waals surface area contributed by atoms with Crippen molar-refractivity contribution in [2.24, 2.45) is 0 Å². The average Bonchev–Trinajstić information content (AvgIpc) is 2.46. The predicted molar refractivity (Wildman–Crippen MR) is 77.9 cm³/mol. The molecule has 1 heterocycles. The second-order valence-corrected chi connectivity index (χ2v) is 4.15. The van der Waals surface area contributed by atoms with Gasteiger partial charge in [0.05, 0.1) is 18.5 Å². The van der Waals surface area contributed by atoms with Crippen molar-refractivity contribution in [1.29, 1.82) is 0 Å². The molecule has 0 atom stereocenters. The van der Waals surface area contributed by atoms with E-state index in [4.69, 9.17) is 4.74 Å². The minimum atomic E-state index is -0.155. The number of anilines is 2. The van der Waals surface area contributed by atoms with E-state index in [1.54, 1.807) is 20.2 Å². The van der Waals surface area contributed by atoms with Gasteiger partial charge >= 0.3 is 0 Å². The van der Waals surface area contributed by atoms with E-state index in [0.29, 0.717) is 17.3 Å². The molecule has 0 saturated heterocycles. The zero-order chi connectivity index (χ0) is 14.5. The summed E-state index contributed by atoms with van der Waals surface area (Å²) in [6.45, 7) is 1.45. The quantitative estimate of drug-likeness (QED) is 0.892. The van der Waals surface area contributed by atoms with Gasteiger partial charge in [-0.1, -0.05) is 0 Å². The van der Waals surface area contributed by atoms with Gasteiger partial charge in [0.1, 0.15) is 11.6 Å². The van der Waals surface area contributed by atoms with Gasteiger partial charge in [-0.2, -0.15) is 0 Å². The SMILES string of the molecule is CNc1ccc(-c2ccc(OC)c(NC(C)=O)c2)nn1. The molecule has 0 aliphatic heterocycles. The Hall–Kier alpha value is -2.63. The molecule has 1 aromatic carbocycles. The Morgan fingerprint density at radius 3 is 2.55 bits per heavy atom. The minimum Gasteiger partial charge on any atom is -0.495 e. The average molecular weight is 272 g/mol. The standard InChI is InChI=1S/C14H16N4O2/c1-9(19)16-12-8-10(4-6-13(12)20-3)11-5-7-14(15-2)18-17-11/h4-8H,1-3H3,(H,15,18)(H,16,19). The van der Waals surface area contributed by atoms with Crippen molar-refractivity contribution in [1.82, 2.24) is 10.2 Å². The van der Waals surface area contributed by atoms with Gasteiger partial charge in [0.2, 0.25) is 5.91 Å². The third-order valence-electron chi connectivity index (χ3n) is 2.73. The van der Waals surface area contributed by atoms with Gasteiger partial charge in [-0.3, -0.25) is 4.79 Å². The molecule has 2 N–H and O–H groups in total. The van der Waals surface area contributed by atoms with Crippen LogP contribution < -0.4 is 15.4 Å². The number of amides is 1. The number of rotatable bonds is 4. The van der Waals surface area contributed by atoms with Crippen LogP contribution in [0, 0.1) is 0 Å². The lowest BCUT2D eigenvalue weighted by atomic mass is 10.1. The van der Waals surface area contributed by atoms with Crippen molar-refractivity contribution in [3.8, 4) is 17.0 Å². The third kappa shape index (κ3) is 3.03. The second-order valence-electron chi connectivity index (χ2n) is 4.15. The fourth-order valence-electron chi connectivity index (χ4n) is 1.77. The van der Waals surface area contributed by atoms with Crippen molar-refractivity contribution in [3.05, 3.63) is 30.3 Å². The molecule has 0 aliphatic rings. The Kier molecular flexibility index (Phi) is 4.14. The summed E-state index contributed by atoms with van der Waals surface area (Å²) in [7, 11) is 3.34. The lowest BCUT2D eigenvalue weighted by Crippen LogP contribution is -2.07. The Bertz CT molecular complexity index is 611. The van der Waals surface area contributed by atoms with Gasteiger partial charge < -0.3 is 15.4 Å². The predicted octanol–water partition coefficient (Wildman–Crippen LogP) is 2.15.